The van der Waals surface area contributed by atoms with Crippen molar-refractivity contribution in [1.29, 1.82) is 0 Å². The van der Waals surface area contributed by atoms with Gasteiger partial charge in [-0.3, -0.25) is 4.68 Å². The lowest BCUT2D eigenvalue weighted by molar-refractivity contribution is -0.0545. The molecule has 1 atom stereocenters. The van der Waals surface area contributed by atoms with Gasteiger partial charge in [0, 0.05) is 19.9 Å². The molecule has 0 aliphatic heterocycles. The fraction of sp³-hybridized carbons (Fsp3) is 0.750. The topological polar surface area (TPSA) is 53.1 Å². The van der Waals surface area contributed by atoms with Crippen molar-refractivity contribution >= 4 is 0 Å². The Labute approximate surface area is 96.8 Å². The molecule has 0 amide bonds. The van der Waals surface area contributed by atoms with E-state index in [9.17, 15) is 0 Å². The van der Waals surface area contributed by atoms with E-state index in [4.69, 9.17) is 10.5 Å². The van der Waals surface area contributed by atoms with Gasteiger partial charge in [-0.15, -0.1) is 0 Å². The summed E-state index contributed by atoms with van der Waals surface area (Å²) < 4.78 is 7.74. The van der Waals surface area contributed by atoms with E-state index in [2.05, 4.69) is 5.10 Å². The zero-order valence-corrected chi connectivity index (χ0v) is 10.1. The van der Waals surface area contributed by atoms with Crippen LogP contribution in [-0.4, -0.2) is 22.0 Å². The summed E-state index contributed by atoms with van der Waals surface area (Å²) in [5.74, 6) is 0. The second-order valence-corrected chi connectivity index (χ2v) is 4.60. The van der Waals surface area contributed by atoms with E-state index >= 15 is 0 Å². The summed E-state index contributed by atoms with van der Waals surface area (Å²) in [6.45, 7) is 2.76. The van der Waals surface area contributed by atoms with E-state index in [1.54, 1.807) is 4.68 Å². The number of nitrogens with two attached hydrogens (primary N) is 1. The second-order valence-electron chi connectivity index (χ2n) is 4.60. The molecule has 0 aromatic carbocycles. The summed E-state index contributed by atoms with van der Waals surface area (Å²) in [5.41, 5.74) is 7.10. The highest BCUT2D eigenvalue weighted by atomic mass is 16.5. The lowest BCUT2D eigenvalue weighted by atomic mass is 9.90. The molecule has 1 unspecified atom stereocenters. The van der Waals surface area contributed by atoms with Crippen LogP contribution >= 0.6 is 0 Å². The van der Waals surface area contributed by atoms with Gasteiger partial charge in [0.2, 0.25) is 0 Å². The first-order chi connectivity index (χ1) is 7.68. The lowest BCUT2D eigenvalue weighted by Crippen LogP contribution is -2.41. The average molecular weight is 223 g/mol. The third-order valence-corrected chi connectivity index (χ3v) is 3.50. The van der Waals surface area contributed by atoms with E-state index in [1.165, 1.54) is 12.8 Å². The molecular formula is C12H21N3O. The van der Waals surface area contributed by atoms with Crippen molar-refractivity contribution in [1.82, 2.24) is 9.78 Å². The number of ether oxygens (including phenoxy) is 1. The molecule has 4 nitrogen and oxygen atoms in total. The highest BCUT2D eigenvalue weighted by Gasteiger charge is 2.41. The van der Waals surface area contributed by atoms with Crippen LogP contribution in [0.1, 0.15) is 44.3 Å². The van der Waals surface area contributed by atoms with Crippen LogP contribution in [0, 0.1) is 0 Å². The molecule has 2 N–H and O–H groups in total. The molecule has 90 valence electrons. The van der Waals surface area contributed by atoms with Crippen molar-refractivity contribution in [2.24, 2.45) is 12.8 Å². The Morgan fingerprint density at radius 3 is 2.75 bits per heavy atom. The molecule has 1 heterocycles. The van der Waals surface area contributed by atoms with Crippen LogP contribution in [0.4, 0.5) is 0 Å². The number of rotatable bonds is 4. The van der Waals surface area contributed by atoms with Crippen molar-refractivity contribution in [2.75, 3.05) is 6.61 Å². The third kappa shape index (κ3) is 1.99. The van der Waals surface area contributed by atoms with E-state index < -0.39 is 0 Å². The Morgan fingerprint density at radius 1 is 1.56 bits per heavy atom. The van der Waals surface area contributed by atoms with Crippen molar-refractivity contribution < 1.29 is 4.74 Å². The van der Waals surface area contributed by atoms with Crippen LogP contribution < -0.4 is 5.73 Å². The largest absolute Gasteiger partial charge is 0.373 e. The molecule has 1 aromatic rings. The summed E-state index contributed by atoms with van der Waals surface area (Å²) >= 11 is 0. The summed E-state index contributed by atoms with van der Waals surface area (Å²) in [6, 6.07) is 1.89. The molecule has 1 fully saturated rings. The highest BCUT2D eigenvalue weighted by molar-refractivity contribution is 5.12. The van der Waals surface area contributed by atoms with Crippen LogP contribution in [0.25, 0.3) is 0 Å². The fourth-order valence-corrected chi connectivity index (χ4v) is 2.67. The molecule has 1 saturated carbocycles. The fourth-order valence-electron chi connectivity index (χ4n) is 2.67. The molecular weight excluding hydrogens is 202 g/mol. The van der Waals surface area contributed by atoms with Crippen molar-refractivity contribution in [2.45, 2.75) is 44.2 Å². The zero-order valence-electron chi connectivity index (χ0n) is 10.1. The quantitative estimate of drug-likeness (QED) is 0.846. The smallest absolute Gasteiger partial charge is 0.0890 e. The predicted octanol–water partition coefficient (Wildman–Crippen LogP) is 1.77. The van der Waals surface area contributed by atoms with Gasteiger partial charge in [0.05, 0.1) is 17.3 Å². The summed E-state index contributed by atoms with van der Waals surface area (Å²) in [7, 11) is 1.91. The summed E-state index contributed by atoms with van der Waals surface area (Å²) in [6.07, 6.45) is 6.46. The molecule has 1 aliphatic carbocycles. The first-order valence-electron chi connectivity index (χ1n) is 6.07. The Hall–Kier alpha value is -0.870. The first kappa shape index (κ1) is 11.6. The van der Waals surface area contributed by atoms with Crippen molar-refractivity contribution in [3.05, 3.63) is 18.0 Å². The van der Waals surface area contributed by atoms with Gasteiger partial charge < -0.3 is 10.5 Å². The van der Waals surface area contributed by atoms with Crippen LogP contribution in [0.3, 0.4) is 0 Å². The lowest BCUT2D eigenvalue weighted by Gasteiger charge is -2.34. The van der Waals surface area contributed by atoms with Gasteiger partial charge in [-0.1, -0.05) is 12.8 Å². The Kier molecular flexibility index (Phi) is 3.30. The number of aromatic nitrogens is 2. The number of hydrogen-bond acceptors (Lipinski definition) is 3. The standard InChI is InChI=1S/C12H21N3O/c1-3-16-12(7-4-5-8-12)11(13)10-6-9-15(2)14-10/h6,9,11H,3-5,7-8,13H2,1-2H3. The van der Waals surface area contributed by atoms with Gasteiger partial charge >= 0.3 is 0 Å². The van der Waals surface area contributed by atoms with Crippen LogP contribution in [0.5, 0.6) is 0 Å². The minimum atomic E-state index is -0.177. The number of hydrogen-bond donors (Lipinski definition) is 1. The van der Waals surface area contributed by atoms with Gasteiger partial charge in [-0.25, -0.2) is 0 Å². The molecule has 1 aliphatic rings. The minimum Gasteiger partial charge on any atom is -0.373 e. The average Bonchev–Trinajstić information content (AvgIpc) is 2.87. The van der Waals surface area contributed by atoms with Crippen molar-refractivity contribution in [3.63, 3.8) is 0 Å². The van der Waals surface area contributed by atoms with Crippen LogP contribution in [0.15, 0.2) is 12.3 Å². The summed E-state index contributed by atoms with van der Waals surface area (Å²) in [5, 5.41) is 4.39. The minimum absolute atomic E-state index is 0.101. The molecule has 16 heavy (non-hydrogen) atoms. The van der Waals surface area contributed by atoms with E-state index in [-0.39, 0.29) is 11.6 Å². The van der Waals surface area contributed by atoms with E-state index in [1.807, 2.05) is 26.2 Å². The van der Waals surface area contributed by atoms with Crippen LogP contribution in [-0.2, 0) is 11.8 Å². The maximum Gasteiger partial charge on any atom is 0.0890 e. The molecule has 0 radical (unpaired) electrons. The predicted molar refractivity (Wildman–Crippen MR) is 63.0 cm³/mol. The zero-order chi connectivity index (χ0) is 11.6. The van der Waals surface area contributed by atoms with Gasteiger partial charge in [-0.2, -0.15) is 5.10 Å². The van der Waals surface area contributed by atoms with E-state index in [0.717, 1.165) is 25.1 Å². The van der Waals surface area contributed by atoms with Gasteiger partial charge in [-0.05, 0) is 25.8 Å². The van der Waals surface area contributed by atoms with Gasteiger partial charge in [0.25, 0.3) is 0 Å². The van der Waals surface area contributed by atoms with Gasteiger partial charge in [0.15, 0.2) is 0 Å². The Balaban J connectivity index is 2.20. The second kappa shape index (κ2) is 4.55. The summed E-state index contributed by atoms with van der Waals surface area (Å²) in [4.78, 5) is 0. The first-order valence-corrected chi connectivity index (χ1v) is 6.07. The normalized spacial score (nSPS) is 21.2. The highest BCUT2D eigenvalue weighted by Crippen LogP contribution is 2.41. The van der Waals surface area contributed by atoms with Gasteiger partial charge in [0.1, 0.15) is 0 Å². The number of nitrogens with zero attached hydrogens (tertiary/aromatic N) is 2. The third-order valence-electron chi connectivity index (χ3n) is 3.50. The molecule has 4 heteroatoms. The van der Waals surface area contributed by atoms with E-state index in [0.29, 0.717) is 0 Å². The molecule has 0 spiro atoms. The Bertz CT molecular complexity index is 342. The molecule has 1 aromatic heterocycles. The molecule has 0 bridgehead atoms. The maximum atomic E-state index is 6.33. The maximum absolute atomic E-state index is 6.33. The molecule has 2 rings (SSSR count). The van der Waals surface area contributed by atoms with Crippen LogP contribution in [0.2, 0.25) is 0 Å². The number of aryl methyl sites for hydroxylation is 1. The SMILES string of the molecule is CCOC1(C(N)c2ccn(C)n2)CCCC1. The van der Waals surface area contributed by atoms with Crippen molar-refractivity contribution in [3.8, 4) is 0 Å². The molecule has 0 saturated heterocycles. The Morgan fingerprint density at radius 2 is 2.25 bits per heavy atom. The monoisotopic (exact) mass is 223 g/mol.